The summed E-state index contributed by atoms with van der Waals surface area (Å²) in [6.07, 6.45) is 9.71. The van der Waals surface area contributed by atoms with E-state index in [0.29, 0.717) is 63.7 Å². The second kappa shape index (κ2) is 23.2. The lowest BCUT2D eigenvalue weighted by Crippen LogP contribution is -2.49. The molecular formula is C60H74Cl2N4O12S2. The summed E-state index contributed by atoms with van der Waals surface area (Å²) in [7, 11) is -7.90. The van der Waals surface area contributed by atoms with Gasteiger partial charge in [-0.2, -0.15) is 0 Å². The van der Waals surface area contributed by atoms with Crippen molar-refractivity contribution in [2.45, 2.75) is 124 Å². The number of nitrogens with zero attached hydrogens (tertiary/aromatic N) is 2. The molecule has 0 saturated heterocycles. The van der Waals surface area contributed by atoms with Gasteiger partial charge in [0.2, 0.25) is 20.0 Å². The third kappa shape index (κ3) is 11.7. The zero-order chi connectivity index (χ0) is 56.1. The average Bonchev–Trinajstić information content (AvgIpc) is 3.66. The first-order valence-electron chi connectivity index (χ1n) is 28.6. The molecular weight excluding hydrogens is 1100 g/mol. The first-order chi connectivity index (χ1) is 38.3. The number of carbonyl (C=O) groups excluding carboxylic acids is 2. The van der Waals surface area contributed by atoms with Crippen LogP contribution in [-0.2, 0) is 53.2 Å². The van der Waals surface area contributed by atoms with Gasteiger partial charge in [0.05, 0.1) is 50.0 Å². The number of aliphatic hydroxyl groups is 2. The molecule has 432 valence electrons. The van der Waals surface area contributed by atoms with Crippen LogP contribution >= 0.6 is 23.2 Å². The smallest absolute Gasteiger partial charge is 0.264 e. The molecule has 2 amide bonds. The summed E-state index contributed by atoms with van der Waals surface area (Å²) in [5.41, 5.74) is 6.57. The van der Waals surface area contributed by atoms with Crippen molar-refractivity contribution in [2.24, 2.45) is 23.7 Å². The molecule has 20 heteroatoms. The minimum Gasteiger partial charge on any atom is -0.490 e. The van der Waals surface area contributed by atoms with Crippen LogP contribution in [0.15, 0.2) is 72.8 Å². The second-order valence-electron chi connectivity index (χ2n) is 24.0. The van der Waals surface area contributed by atoms with E-state index in [0.717, 1.165) is 85.6 Å². The van der Waals surface area contributed by atoms with Crippen molar-refractivity contribution in [3.05, 3.63) is 116 Å². The number of rotatable bonds is 0. The minimum atomic E-state index is -3.95. The Labute approximate surface area is 480 Å². The molecule has 16 nitrogen and oxygen atoms in total. The molecule has 2 saturated carbocycles. The Balaban J connectivity index is 0.000000169. The number of sulfonamides is 2. The van der Waals surface area contributed by atoms with Crippen LogP contribution in [0.1, 0.15) is 121 Å². The molecule has 10 atom stereocenters. The Hall–Kier alpha value is -4.66. The second-order valence-corrected chi connectivity index (χ2v) is 29.1. The van der Waals surface area contributed by atoms with Crippen molar-refractivity contribution >= 4 is 66.4 Å². The van der Waals surface area contributed by atoms with E-state index in [-0.39, 0.29) is 72.1 Å². The van der Waals surface area contributed by atoms with E-state index in [4.69, 9.17) is 42.1 Å². The normalized spacial score (nSPS) is 32.1. The molecule has 4 aliphatic carbocycles. The Morgan fingerprint density at radius 3 is 1.40 bits per heavy atom. The highest BCUT2D eigenvalue weighted by molar-refractivity contribution is 7.91. The molecule has 80 heavy (non-hydrogen) atoms. The van der Waals surface area contributed by atoms with Gasteiger partial charge in [-0.1, -0.05) is 35.3 Å². The third-order valence-corrected chi connectivity index (χ3v) is 22.6. The summed E-state index contributed by atoms with van der Waals surface area (Å²) >= 11 is 12.7. The zero-order valence-electron chi connectivity index (χ0n) is 45.5. The zero-order valence-corrected chi connectivity index (χ0v) is 48.7. The number of hydrogen-bond donors (Lipinski definition) is 4. The van der Waals surface area contributed by atoms with Gasteiger partial charge in [-0.3, -0.25) is 9.59 Å². The molecule has 4 aromatic rings. The van der Waals surface area contributed by atoms with E-state index in [1.165, 1.54) is 36.1 Å². The molecule has 0 unspecified atom stereocenters. The fourth-order valence-electron chi connectivity index (χ4n) is 13.8. The van der Waals surface area contributed by atoms with Gasteiger partial charge in [-0.05, 0) is 197 Å². The number of nitrogens with one attached hydrogen (secondary N) is 2. The lowest BCUT2D eigenvalue weighted by molar-refractivity contribution is -0.00838. The number of amides is 2. The third-order valence-electron chi connectivity index (χ3n) is 18.8. The Bertz CT molecular complexity index is 3010. The number of aliphatic hydroxyl groups excluding tert-OH is 2. The number of carbonyl (C=O) groups is 2. The quantitative estimate of drug-likeness (QED) is 0.131. The van der Waals surface area contributed by atoms with Crippen LogP contribution in [0.4, 0.5) is 11.4 Å². The molecule has 4 heterocycles. The molecule has 4 aliphatic heterocycles. The molecule has 4 N–H and O–H groups in total. The monoisotopic (exact) mass is 1180 g/mol. The molecule has 12 rings (SSSR count). The Morgan fingerprint density at radius 2 is 1.00 bits per heavy atom. The molecule has 2 spiro atoms. The van der Waals surface area contributed by atoms with Gasteiger partial charge in [-0.15, -0.1) is 0 Å². The maximum Gasteiger partial charge on any atom is 0.264 e. The predicted molar refractivity (Wildman–Crippen MR) is 307 cm³/mol. The van der Waals surface area contributed by atoms with Crippen LogP contribution < -0.4 is 28.7 Å². The summed E-state index contributed by atoms with van der Waals surface area (Å²) in [6, 6.07) is 22.6. The van der Waals surface area contributed by atoms with E-state index in [9.17, 15) is 36.6 Å². The number of halogens is 2. The van der Waals surface area contributed by atoms with Crippen LogP contribution in [0, 0.1) is 23.7 Å². The van der Waals surface area contributed by atoms with Crippen LogP contribution in [0.5, 0.6) is 11.5 Å². The van der Waals surface area contributed by atoms with Gasteiger partial charge in [0, 0.05) is 71.4 Å². The van der Waals surface area contributed by atoms with Crippen LogP contribution in [-0.4, -0.2) is 127 Å². The van der Waals surface area contributed by atoms with Gasteiger partial charge >= 0.3 is 0 Å². The van der Waals surface area contributed by atoms with Crippen LogP contribution in [0.2, 0.25) is 10.0 Å². The molecule has 8 aliphatic rings. The number of ether oxygens (including phenoxy) is 4. The average molecular weight is 1180 g/mol. The Morgan fingerprint density at radius 1 is 0.575 bits per heavy atom. The fraction of sp³-hybridized carbons (Fsp3) is 0.567. The van der Waals surface area contributed by atoms with Crippen molar-refractivity contribution in [2.75, 3.05) is 75.6 Å². The number of hydrogen-bond acceptors (Lipinski definition) is 14. The van der Waals surface area contributed by atoms with Crippen LogP contribution in [0.25, 0.3) is 0 Å². The maximum absolute atomic E-state index is 13.2. The lowest BCUT2D eigenvalue weighted by atomic mass is 9.68. The maximum atomic E-state index is 13.2. The highest BCUT2D eigenvalue weighted by Crippen LogP contribution is 2.49. The van der Waals surface area contributed by atoms with E-state index >= 15 is 0 Å². The van der Waals surface area contributed by atoms with Gasteiger partial charge in [0.1, 0.15) is 22.0 Å². The topological polar surface area (TPSA) is 210 Å². The fourth-order valence-corrected chi connectivity index (χ4v) is 15.9. The molecule has 0 radical (unpaired) electrons. The number of fused-ring (bicyclic) bond motifs is 8. The lowest BCUT2D eigenvalue weighted by Gasteiger charge is -2.45. The standard InChI is InChI=1S/2C30H37ClN2O6S/c2*1-19-16-38-12-10-27(34)24-7-4-22(24)15-33-17-30(11-2-3-20-13-23(31)6-8-25(20)30)18-39-28-9-5-21(14-26(28)33)29(35)32-40(19,36)37/h2*5-6,8-9,13-14,19,22,24,27,34H,2-4,7,10-12,15-18H2,1H3,(H,32,35)/t19-,22+,24-,27+,30+;19-,22-,24+,27-,30-/m10/s1. The summed E-state index contributed by atoms with van der Waals surface area (Å²) < 4.78 is 80.1. The number of anilines is 2. The summed E-state index contributed by atoms with van der Waals surface area (Å²) in [5, 5.41) is 21.7. The molecule has 4 aromatic carbocycles. The van der Waals surface area contributed by atoms with E-state index in [1.807, 2.05) is 12.1 Å². The minimum absolute atomic E-state index is 0.0516. The first kappa shape index (κ1) is 57.2. The SMILES string of the molecule is C[C@@H]1COCC[C@H](O)[C@@H]2CC[C@H]2CN2C[C@@]3(CCCc4cc(Cl)ccc43)COc3ccc(cc32)C(=O)NS1(=O)=O.C[C@H]1COCC[C@H](O)[C@@H]2CC[C@H]2CN2C[C@@]3(CCCc4cc(Cl)ccc43)COc3ccc(cc32)C(=O)NS1(=O)=O. The largest absolute Gasteiger partial charge is 0.490 e. The highest BCUT2D eigenvalue weighted by atomic mass is 35.5. The van der Waals surface area contributed by atoms with E-state index < -0.39 is 54.6 Å². The van der Waals surface area contributed by atoms with Crippen molar-refractivity contribution in [1.29, 1.82) is 0 Å². The van der Waals surface area contributed by atoms with Crippen molar-refractivity contribution in [3.8, 4) is 11.5 Å². The van der Waals surface area contributed by atoms with Crippen molar-refractivity contribution < 1.29 is 55.6 Å². The van der Waals surface area contributed by atoms with E-state index in [2.05, 4.69) is 43.5 Å². The van der Waals surface area contributed by atoms with E-state index in [1.54, 1.807) is 36.4 Å². The van der Waals surface area contributed by atoms with Crippen LogP contribution in [0.3, 0.4) is 0 Å². The van der Waals surface area contributed by atoms with Gasteiger partial charge in [-0.25, -0.2) is 26.3 Å². The molecule has 0 aromatic heterocycles. The van der Waals surface area contributed by atoms with Crippen molar-refractivity contribution in [1.82, 2.24) is 9.44 Å². The van der Waals surface area contributed by atoms with Gasteiger partial charge in [0.25, 0.3) is 11.8 Å². The number of aryl methyl sites for hydroxylation is 2. The highest BCUT2D eigenvalue weighted by Gasteiger charge is 2.47. The number of benzene rings is 4. The Kier molecular flexibility index (Phi) is 16.6. The predicted octanol–water partition coefficient (Wildman–Crippen LogP) is 8.14. The summed E-state index contributed by atoms with van der Waals surface area (Å²) in [5.74, 6) is 0.876. The molecule has 2 fully saturated rings. The first-order valence-corrected chi connectivity index (χ1v) is 32.4. The summed E-state index contributed by atoms with van der Waals surface area (Å²) in [6.45, 7) is 7.25. The van der Waals surface area contributed by atoms with Gasteiger partial charge in [0.15, 0.2) is 0 Å². The molecule has 4 bridgehead atoms. The van der Waals surface area contributed by atoms with Gasteiger partial charge < -0.3 is 39.0 Å². The summed E-state index contributed by atoms with van der Waals surface area (Å²) in [4.78, 5) is 31.0. The van der Waals surface area contributed by atoms with Crippen molar-refractivity contribution in [3.63, 3.8) is 0 Å².